The molecule has 0 aromatic carbocycles. The zero-order valence-corrected chi connectivity index (χ0v) is 8.51. The summed E-state index contributed by atoms with van der Waals surface area (Å²) >= 11 is 0. The maximum Gasteiger partial charge on any atom is 0.122 e. The molecule has 0 aliphatic heterocycles. The summed E-state index contributed by atoms with van der Waals surface area (Å²) in [4.78, 5) is 10.3. The molecule has 0 saturated carbocycles. The number of hydrogen-bond acceptors (Lipinski definition) is 1. The smallest absolute Gasteiger partial charge is 0.122 e. The SMILES string of the molecule is CCCCCCCC[C@H](C)C=O. The highest BCUT2D eigenvalue weighted by Gasteiger charge is 1.97. The standard InChI is InChI=1S/C11H22O/c1-3-4-5-6-7-8-9-11(2)10-12/h10-11H,3-9H2,1-2H3/t11-/m0/s1. The second-order valence-electron chi connectivity index (χ2n) is 3.67. The minimum absolute atomic E-state index is 0.274. The first kappa shape index (κ1) is 11.7. The van der Waals surface area contributed by atoms with Crippen LogP contribution in [-0.2, 0) is 4.79 Å². The monoisotopic (exact) mass is 170 g/mol. The van der Waals surface area contributed by atoms with Crippen LogP contribution >= 0.6 is 0 Å². The third-order valence-corrected chi connectivity index (χ3v) is 2.25. The lowest BCUT2D eigenvalue weighted by atomic mass is 10.0. The average molecular weight is 170 g/mol. The number of unbranched alkanes of at least 4 members (excludes halogenated alkanes) is 5. The van der Waals surface area contributed by atoms with Crippen molar-refractivity contribution in [3.8, 4) is 0 Å². The Balaban J connectivity index is 2.95. The van der Waals surface area contributed by atoms with Crippen LogP contribution in [0, 0.1) is 5.92 Å². The second kappa shape index (κ2) is 8.76. The van der Waals surface area contributed by atoms with Gasteiger partial charge in [0, 0.05) is 5.92 Å². The summed E-state index contributed by atoms with van der Waals surface area (Å²) in [7, 11) is 0. The molecular formula is C11H22O. The summed E-state index contributed by atoms with van der Waals surface area (Å²) in [5, 5.41) is 0. The van der Waals surface area contributed by atoms with Gasteiger partial charge in [-0.2, -0.15) is 0 Å². The van der Waals surface area contributed by atoms with E-state index >= 15 is 0 Å². The molecule has 0 amide bonds. The first-order valence-electron chi connectivity index (χ1n) is 5.26. The van der Waals surface area contributed by atoms with Gasteiger partial charge in [-0.15, -0.1) is 0 Å². The molecule has 12 heavy (non-hydrogen) atoms. The first-order chi connectivity index (χ1) is 5.81. The predicted octanol–water partition coefficient (Wildman–Crippen LogP) is 3.57. The molecule has 1 atom stereocenters. The van der Waals surface area contributed by atoms with Crippen LogP contribution < -0.4 is 0 Å². The van der Waals surface area contributed by atoms with Gasteiger partial charge in [-0.3, -0.25) is 0 Å². The topological polar surface area (TPSA) is 17.1 Å². The zero-order chi connectivity index (χ0) is 9.23. The summed E-state index contributed by atoms with van der Waals surface area (Å²) in [6, 6.07) is 0. The highest BCUT2D eigenvalue weighted by atomic mass is 16.1. The van der Waals surface area contributed by atoms with Crippen molar-refractivity contribution in [2.45, 2.75) is 58.8 Å². The molecule has 0 radical (unpaired) electrons. The Morgan fingerprint density at radius 3 is 2.25 bits per heavy atom. The Morgan fingerprint density at radius 2 is 1.67 bits per heavy atom. The number of aldehydes is 1. The molecule has 0 aliphatic rings. The summed E-state index contributed by atoms with van der Waals surface area (Å²) in [6.07, 6.45) is 10.1. The van der Waals surface area contributed by atoms with Crippen LogP contribution in [0.4, 0.5) is 0 Å². The predicted molar refractivity (Wildman–Crippen MR) is 53.2 cm³/mol. The summed E-state index contributed by atoms with van der Waals surface area (Å²) in [5.41, 5.74) is 0. The molecule has 0 saturated heterocycles. The van der Waals surface area contributed by atoms with E-state index in [1.54, 1.807) is 0 Å². The molecule has 0 aliphatic carbocycles. The lowest BCUT2D eigenvalue weighted by molar-refractivity contribution is -0.110. The van der Waals surface area contributed by atoms with Crippen LogP contribution in [0.15, 0.2) is 0 Å². The van der Waals surface area contributed by atoms with Crippen molar-refractivity contribution in [2.24, 2.45) is 5.92 Å². The van der Waals surface area contributed by atoms with Crippen LogP contribution in [0.25, 0.3) is 0 Å². The van der Waals surface area contributed by atoms with E-state index in [1.165, 1.54) is 38.5 Å². The molecule has 1 heteroatoms. The van der Waals surface area contributed by atoms with Crippen molar-refractivity contribution in [3.05, 3.63) is 0 Å². The molecule has 0 rings (SSSR count). The van der Waals surface area contributed by atoms with Crippen LogP contribution in [0.5, 0.6) is 0 Å². The molecule has 0 aromatic rings. The van der Waals surface area contributed by atoms with E-state index < -0.39 is 0 Å². The fourth-order valence-electron chi connectivity index (χ4n) is 1.31. The molecule has 0 heterocycles. The number of carbonyl (C=O) groups is 1. The summed E-state index contributed by atoms with van der Waals surface area (Å²) in [5.74, 6) is 0.274. The van der Waals surface area contributed by atoms with Gasteiger partial charge in [0.05, 0.1) is 0 Å². The molecule has 0 N–H and O–H groups in total. The van der Waals surface area contributed by atoms with Crippen LogP contribution in [-0.4, -0.2) is 6.29 Å². The van der Waals surface area contributed by atoms with E-state index in [0.29, 0.717) is 0 Å². The first-order valence-corrected chi connectivity index (χ1v) is 5.26. The highest BCUT2D eigenvalue weighted by Crippen LogP contribution is 2.10. The lowest BCUT2D eigenvalue weighted by Gasteiger charge is -2.02. The number of rotatable bonds is 8. The summed E-state index contributed by atoms with van der Waals surface area (Å²) in [6.45, 7) is 4.23. The highest BCUT2D eigenvalue weighted by molar-refractivity contribution is 5.52. The molecule has 0 fully saturated rings. The van der Waals surface area contributed by atoms with Gasteiger partial charge in [-0.1, -0.05) is 52.4 Å². The Kier molecular flexibility index (Phi) is 8.52. The second-order valence-corrected chi connectivity index (χ2v) is 3.67. The maximum absolute atomic E-state index is 10.3. The minimum Gasteiger partial charge on any atom is -0.303 e. The summed E-state index contributed by atoms with van der Waals surface area (Å²) < 4.78 is 0. The number of hydrogen-bond donors (Lipinski definition) is 0. The van der Waals surface area contributed by atoms with Crippen molar-refractivity contribution in [1.82, 2.24) is 0 Å². The van der Waals surface area contributed by atoms with Crippen molar-refractivity contribution in [2.75, 3.05) is 0 Å². The molecule has 0 spiro atoms. The fourth-order valence-corrected chi connectivity index (χ4v) is 1.31. The van der Waals surface area contributed by atoms with E-state index in [2.05, 4.69) is 6.92 Å². The van der Waals surface area contributed by atoms with E-state index in [4.69, 9.17) is 0 Å². The zero-order valence-electron chi connectivity index (χ0n) is 8.51. The largest absolute Gasteiger partial charge is 0.303 e. The molecular weight excluding hydrogens is 148 g/mol. The average Bonchev–Trinajstić information content (AvgIpc) is 2.10. The molecule has 0 unspecified atom stereocenters. The Hall–Kier alpha value is -0.330. The van der Waals surface area contributed by atoms with E-state index in [1.807, 2.05) is 6.92 Å². The Labute approximate surface area is 76.6 Å². The van der Waals surface area contributed by atoms with Crippen molar-refractivity contribution < 1.29 is 4.79 Å². The Morgan fingerprint density at radius 1 is 1.08 bits per heavy atom. The maximum atomic E-state index is 10.3. The van der Waals surface area contributed by atoms with Crippen LogP contribution in [0.3, 0.4) is 0 Å². The number of carbonyl (C=O) groups excluding carboxylic acids is 1. The van der Waals surface area contributed by atoms with Crippen molar-refractivity contribution in [1.29, 1.82) is 0 Å². The van der Waals surface area contributed by atoms with Gasteiger partial charge >= 0.3 is 0 Å². The van der Waals surface area contributed by atoms with Gasteiger partial charge in [0.25, 0.3) is 0 Å². The van der Waals surface area contributed by atoms with Crippen molar-refractivity contribution in [3.63, 3.8) is 0 Å². The molecule has 0 aromatic heterocycles. The minimum atomic E-state index is 0.274. The van der Waals surface area contributed by atoms with Gasteiger partial charge in [0.15, 0.2) is 0 Å². The molecule has 1 nitrogen and oxygen atoms in total. The Bertz CT molecular complexity index is 99.2. The van der Waals surface area contributed by atoms with E-state index in [-0.39, 0.29) is 5.92 Å². The van der Waals surface area contributed by atoms with E-state index in [0.717, 1.165) is 12.7 Å². The van der Waals surface area contributed by atoms with Gasteiger partial charge in [-0.25, -0.2) is 0 Å². The quantitative estimate of drug-likeness (QED) is 0.402. The van der Waals surface area contributed by atoms with Gasteiger partial charge in [0.2, 0.25) is 0 Å². The van der Waals surface area contributed by atoms with Crippen molar-refractivity contribution >= 4 is 6.29 Å². The van der Waals surface area contributed by atoms with Gasteiger partial charge in [0.1, 0.15) is 6.29 Å². The molecule has 72 valence electrons. The third-order valence-electron chi connectivity index (χ3n) is 2.25. The molecule has 0 bridgehead atoms. The van der Waals surface area contributed by atoms with Crippen LogP contribution in [0.2, 0.25) is 0 Å². The van der Waals surface area contributed by atoms with E-state index in [9.17, 15) is 4.79 Å². The van der Waals surface area contributed by atoms with Gasteiger partial charge in [-0.05, 0) is 6.42 Å². The fraction of sp³-hybridized carbons (Fsp3) is 0.909. The van der Waals surface area contributed by atoms with Gasteiger partial charge < -0.3 is 4.79 Å². The van der Waals surface area contributed by atoms with Crippen LogP contribution in [0.1, 0.15) is 58.8 Å². The normalized spacial score (nSPS) is 12.8. The lowest BCUT2D eigenvalue weighted by Crippen LogP contribution is -1.94. The third kappa shape index (κ3) is 7.77.